The number of thioether (sulfide) groups is 1. The molecular formula is C20H22BrN3OS. The third kappa shape index (κ3) is 3.37. The molecule has 0 aliphatic carbocycles. The van der Waals surface area contributed by atoms with Crippen molar-refractivity contribution in [3.05, 3.63) is 58.3 Å². The van der Waals surface area contributed by atoms with E-state index in [1.54, 1.807) is 0 Å². The number of ether oxygens (including phenoxy) is 1. The first kappa shape index (κ1) is 17.9. The molecule has 4 rings (SSSR count). The molecule has 1 saturated heterocycles. The Hall–Kier alpha value is -1.53. The van der Waals surface area contributed by atoms with Crippen LogP contribution in [-0.2, 0) is 0 Å². The van der Waals surface area contributed by atoms with Crippen LogP contribution in [0.1, 0.15) is 44.1 Å². The van der Waals surface area contributed by atoms with Crippen molar-refractivity contribution < 1.29 is 4.74 Å². The van der Waals surface area contributed by atoms with Gasteiger partial charge in [-0.15, -0.1) is 0 Å². The topological polar surface area (TPSA) is 37.7 Å². The molecule has 3 heterocycles. The average Bonchev–Trinajstić information content (AvgIpc) is 3.13. The number of aromatic nitrogens is 1. The van der Waals surface area contributed by atoms with Crippen molar-refractivity contribution in [2.45, 2.75) is 44.2 Å². The van der Waals surface area contributed by atoms with E-state index in [-0.39, 0.29) is 18.2 Å². The van der Waals surface area contributed by atoms with E-state index in [0.29, 0.717) is 5.25 Å². The minimum Gasteiger partial charge on any atom is -0.490 e. The highest BCUT2D eigenvalue weighted by Gasteiger charge is 2.43. The highest BCUT2D eigenvalue weighted by Crippen LogP contribution is 2.48. The summed E-state index contributed by atoms with van der Waals surface area (Å²) in [5, 5.41) is 1.70. The third-order valence-corrected chi connectivity index (χ3v) is 6.26. The molecule has 1 aromatic heterocycles. The van der Waals surface area contributed by atoms with E-state index in [9.17, 15) is 0 Å². The maximum Gasteiger partial charge on any atom is 0.160 e. The van der Waals surface area contributed by atoms with Crippen LogP contribution in [0.25, 0.3) is 0 Å². The largest absolute Gasteiger partial charge is 0.490 e. The Morgan fingerprint density at radius 3 is 2.81 bits per heavy atom. The third-order valence-electron chi connectivity index (χ3n) is 4.54. The molecule has 136 valence electrons. The van der Waals surface area contributed by atoms with Crippen LogP contribution >= 0.6 is 27.7 Å². The predicted octanol–water partition coefficient (Wildman–Crippen LogP) is 5.22. The first-order valence-electron chi connectivity index (χ1n) is 8.91. The number of hydrogen-bond acceptors (Lipinski definition) is 5. The number of aliphatic imine (C=N–C) groups is 1. The number of fused-ring (bicyclic) bond motifs is 1. The molecule has 6 heteroatoms. The number of rotatable bonds is 4. The fourth-order valence-corrected chi connectivity index (χ4v) is 5.11. The van der Waals surface area contributed by atoms with Crippen LogP contribution in [0.2, 0.25) is 0 Å². The van der Waals surface area contributed by atoms with Gasteiger partial charge in [0, 0.05) is 18.0 Å². The quantitative estimate of drug-likeness (QED) is 0.664. The molecule has 2 aliphatic heterocycles. The first-order chi connectivity index (χ1) is 12.5. The summed E-state index contributed by atoms with van der Waals surface area (Å²) in [7, 11) is 0. The van der Waals surface area contributed by atoms with E-state index >= 15 is 0 Å². The molecule has 3 atom stereocenters. The lowest BCUT2D eigenvalue weighted by molar-refractivity contribution is 0.240. The smallest absolute Gasteiger partial charge is 0.160 e. The first-order valence-corrected chi connectivity index (χ1v) is 10.6. The molecule has 0 saturated carbocycles. The zero-order chi connectivity index (χ0) is 18.3. The Balaban J connectivity index is 1.71. The van der Waals surface area contributed by atoms with E-state index in [1.165, 1.54) is 5.56 Å². The molecule has 0 bridgehead atoms. The second kappa shape index (κ2) is 7.24. The van der Waals surface area contributed by atoms with Crippen LogP contribution in [0.3, 0.4) is 0 Å². The summed E-state index contributed by atoms with van der Waals surface area (Å²) in [5.41, 5.74) is 2.25. The van der Waals surface area contributed by atoms with Crippen molar-refractivity contribution in [1.82, 2.24) is 9.88 Å². The number of nitrogens with zero attached hydrogens (tertiary/aromatic N) is 3. The minimum absolute atomic E-state index is 0.0231. The fourth-order valence-electron chi connectivity index (χ4n) is 3.53. The Kier molecular flexibility index (Phi) is 4.97. The van der Waals surface area contributed by atoms with Crippen molar-refractivity contribution in [3.8, 4) is 5.75 Å². The van der Waals surface area contributed by atoms with E-state index < -0.39 is 0 Å². The number of halogens is 1. The standard InChI is InChI=1S/C20H22BrN3OS/c1-12(2)25-17-8-7-14(10-15(17)21)19-18(16-6-4-5-9-22-16)23-20-24(19)11-13(3)26-20/h4-10,12-13,18-19H,11H2,1-3H3/t13-,18+,19+/m0/s1. The molecule has 0 unspecified atom stereocenters. The number of amidine groups is 1. The van der Waals surface area contributed by atoms with Gasteiger partial charge in [0.25, 0.3) is 0 Å². The lowest BCUT2D eigenvalue weighted by Crippen LogP contribution is -2.28. The van der Waals surface area contributed by atoms with Crippen molar-refractivity contribution in [1.29, 1.82) is 0 Å². The average molecular weight is 432 g/mol. The van der Waals surface area contributed by atoms with Crippen LogP contribution in [0.4, 0.5) is 0 Å². The summed E-state index contributed by atoms with van der Waals surface area (Å²) in [6, 6.07) is 12.6. The fraction of sp³-hybridized carbons (Fsp3) is 0.400. The molecule has 0 N–H and O–H groups in total. The normalized spacial score (nSPS) is 24.7. The number of benzene rings is 1. The molecule has 26 heavy (non-hydrogen) atoms. The van der Waals surface area contributed by atoms with E-state index in [4.69, 9.17) is 9.73 Å². The van der Waals surface area contributed by atoms with Crippen molar-refractivity contribution >= 4 is 32.9 Å². The minimum atomic E-state index is 0.0231. The molecule has 1 fully saturated rings. The summed E-state index contributed by atoms with van der Waals surface area (Å²) >= 11 is 5.54. The van der Waals surface area contributed by atoms with E-state index in [0.717, 1.165) is 27.6 Å². The van der Waals surface area contributed by atoms with Crippen molar-refractivity contribution in [3.63, 3.8) is 0 Å². The zero-order valence-corrected chi connectivity index (χ0v) is 17.5. The summed E-state index contributed by atoms with van der Waals surface area (Å²) in [6.07, 6.45) is 2.00. The van der Waals surface area contributed by atoms with Gasteiger partial charge in [0.05, 0.1) is 22.3 Å². The van der Waals surface area contributed by atoms with Gasteiger partial charge in [-0.05, 0) is 59.6 Å². The van der Waals surface area contributed by atoms with Crippen LogP contribution < -0.4 is 4.74 Å². The number of pyridine rings is 1. The molecule has 4 nitrogen and oxygen atoms in total. The summed E-state index contributed by atoms with van der Waals surface area (Å²) in [6.45, 7) is 7.35. The zero-order valence-electron chi connectivity index (χ0n) is 15.1. The molecule has 2 aliphatic rings. The second-order valence-electron chi connectivity index (χ2n) is 6.99. The van der Waals surface area contributed by atoms with Gasteiger partial charge in [-0.1, -0.05) is 30.8 Å². The van der Waals surface area contributed by atoms with Crippen molar-refractivity contribution in [2.75, 3.05) is 6.54 Å². The molecule has 0 radical (unpaired) electrons. The lowest BCUT2D eigenvalue weighted by Gasteiger charge is -2.28. The van der Waals surface area contributed by atoms with Crippen LogP contribution in [-0.4, -0.2) is 33.0 Å². The predicted molar refractivity (Wildman–Crippen MR) is 111 cm³/mol. The monoisotopic (exact) mass is 431 g/mol. The van der Waals surface area contributed by atoms with E-state index in [2.05, 4.69) is 57.0 Å². The summed E-state index contributed by atoms with van der Waals surface area (Å²) in [5.74, 6) is 0.876. The number of hydrogen-bond donors (Lipinski definition) is 0. The van der Waals surface area contributed by atoms with Crippen LogP contribution in [0.5, 0.6) is 5.75 Å². The van der Waals surface area contributed by atoms with Gasteiger partial charge < -0.3 is 9.64 Å². The van der Waals surface area contributed by atoms with E-state index in [1.807, 2.05) is 43.9 Å². The van der Waals surface area contributed by atoms with Gasteiger partial charge >= 0.3 is 0 Å². The Morgan fingerprint density at radius 1 is 1.27 bits per heavy atom. The maximum atomic E-state index is 5.87. The summed E-state index contributed by atoms with van der Waals surface area (Å²) < 4.78 is 6.86. The lowest BCUT2D eigenvalue weighted by atomic mass is 9.96. The Morgan fingerprint density at radius 2 is 2.12 bits per heavy atom. The molecule has 0 amide bonds. The van der Waals surface area contributed by atoms with Gasteiger partial charge in [-0.2, -0.15) is 0 Å². The maximum absolute atomic E-state index is 5.87. The molecular weight excluding hydrogens is 410 g/mol. The molecule has 0 spiro atoms. The van der Waals surface area contributed by atoms with Gasteiger partial charge in [0.15, 0.2) is 5.17 Å². The highest BCUT2D eigenvalue weighted by atomic mass is 79.9. The van der Waals surface area contributed by atoms with Crippen LogP contribution in [0.15, 0.2) is 52.1 Å². The van der Waals surface area contributed by atoms with Gasteiger partial charge in [-0.25, -0.2) is 0 Å². The van der Waals surface area contributed by atoms with Crippen molar-refractivity contribution in [2.24, 2.45) is 4.99 Å². The summed E-state index contributed by atoms with van der Waals surface area (Å²) in [4.78, 5) is 12.0. The SMILES string of the molecule is CC(C)Oc1ccc([C@@H]2[C@@H](c3ccccn3)N=C3S[C@@H](C)CN32)cc1Br. The van der Waals surface area contributed by atoms with Crippen LogP contribution in [0, 0.1) is 0 Å². The highest BCUT2D eigenvalue weighted by molar-refractivity contribution is 9.10. The van der Waals surface area contributed by atoms with Gasteiger partial charge in [0.2, 0.25) is 0 Å². The Bertz CT molecular complexity index is 827. The Labute approximate surface area is 167 Å². The van der Waals surface area contributed by atoms with Gasteiger partial charge in [0.1, 0.15) is 11.8 Å². The molecule has 1 aromatic carbocycles. The second-order valence-corrected chi connectivity index (χ2v) is 9.25. The molecule has 2 aromatic rings. The van der Waals surface area contributed by atoms with Gasteiger partial charge in [-0.3, -0.25) is 9.98 Å².